The molecule has 1 aromatic carbocycles. The van der Waals surface area contributed by atoms with Crippen LogP contribution in [0.1, 0.15) is 46.0 Å². The third kappa shape index (κ3) is 4.47. The average molecular weight is 337 g/mol. The lowest BCUT2D eigenvalue weighted by Crippen LogP contribution is -2.44. The highest BCUT2D eigenvalue weighted by molar-refractivity contribution is 6.33. The first kappa shape index (κ1) is 17.8. The molecule has 1 aromatic rings. The molecule has 2 amide bonds. The van der Waals surface area contributed by atoms with Gasteiger partial charge in [0.25, 0.3) is 0 Å². The number of halogens is 1. The van der Waals surface area contributed by atoms with Crippen LogP contribution >= 0.6 is 11.6 Å². The van der Waals surface area contributed by atoms with Crippen molar-refractivity contribution in [2.75, 3.05) is 18.0 Å². The summed E-state index contributed by atoms with van der Waals surface area (Å²) in [5.41, 5.74) is 0.667. The summed E-state index contributed by atoms with van der Waals surface area (Å²) >= 11 is 6.18. The van der Waals surface area contributed by atoms with E-state index in [1.165, 1.54) is 13.3 Å². The lowest BCUT2D eigenvalue weighted by atomic mass is 9.99. The highest BCUT2D eigenvalue weighted by Gasteiger charge is 2.26. The maximum absolute atomic E-state index is 12.6. The van der Waals surface area contributed by atoms with E-state index in [9.17, 15) is 9.59 Å². The quantitative estimate of drug-likeness (QED) is 0.818. The van der Waals surface area contributed by atoms with Crippen LogP contribution < -0.4 is 4.90 Å². The summed E-state index contributed by atoms with van der Waals surface area (Å²) in [7, 11) is 0. The molecule has 1 aliphatic rings. The number of carbonyl (C=O) groups is 2. The maximum atomic E-state index is 12.6. The number of hydrogen-bond acceptors (Lipinski definition) is 2. The molecule has 1 fully saturated rings. The van der Waals surface area contributed by atoms with Crippen molar-refractivity contribution in [1.82, 2.24) is 4.90 Å². The zero-order valence-electron chi connectivity index (χ0n) is 13.9. The third-order valence-corrected chi connectivity index (χ3v) is 4.81. The van der Waals surface area contributed by atoms with Gasteiger partial charge in [0.15, 0.2) is 0 Å². The van der Waals surface area contributed by atoms with Crippen molar-refractivity contribution in [3.05, 3.63) is 29.3 Å². The normalized spacial score (nSPS) is 17.9. The minimum absolute atomic E-state index is 0.100. The molecular weight excluding hydrogens is 312 g/mol. The Morgan fingerprint density at radius 3 is 2.70 bits per heavy atom. The summed E-state index contributed by atoms with van der Waals surface area (Å²) in [5, 5.41) is 0.527. The molecule has 2 rings (SSSR count). The third-order valence-electron chi connectivity index (χ3n) is 4.49. The fourth-order valence-electron chi connectivity index (χ4n) is 3.22. The molecule has 23 heavy (non-hydrogen) atoms. The van der Waals surface area contributed by atoms with Crippen LogP contribution in [0.25, 0.3) is 0 Å². The van der Waals surface area contributed by atoms with E-state index in [4.69, 9.17) is 11.6 Å². The van der Waals surface area contributed by atoms with E-state index in [-0.39, 0.29) is 11.8 Å². The van der Waals surface area contributed by atoms with E-state index in [1.54, 1.807) is 11.0 Å². The summed E-state index contributed by atoms with van der Waals surface area (Å²) in [4.78, 5) is 28.1. The van der Waals surface area contributed by atoms with Crippen molar-refractivity contribution in [1.29, 1.82) is 0 Å². The van der Waals surface area contributed by atoms with Crippen LogP contribution in [0.5, 0.6) is 0 Å². The van der Waals surface area contributed by atoms with Crippen molar-refractivity contribution < 1.29 is 9.59 Å². The molecule has 0 aliphatic carbocycles. The van der Waals surface area contributed by atoms with Gasteiger partial charge in [-0.2, -0.15) is 0 Å². The Bertz CT molecular complexity index is 562. The monoisotopic (exact) mass is 336 g/mol. The topological polar surface area (TPSA) is 40.6 Å². The largest absolute Gasteiger partial charge is 0.340 e. The predicted octanol–water partition coefficient (Wildman–Crippen LogP) is 3.87. The van der Waals surface area contributed by atoms with E-state index in [0.717, 1.165) is 25.8 Å². The van der Waals surface area contributed by atoms with Crippen LogP contribution in [-0.2, 0) is 9.59 Å². The highest BCUT2D eigenvalue weighted by Crippen LogP contribution is 2.26. The Morgan fingerprint density at radius 2 is 2.04 bits per heavy atom. The molecule has 0 saturated carbocycles. The van der Waals surface area contributed by atoms with Crippen LogP contribution in [-0.4, -0.2) is 35.8 Å². The molecular formula is C18H25ClN2O2. The highest BCUT2D eigenvalue weighted by atomic mass is 35.5. The SMILES string of the molecule is CCC1CCCCN1C(=O)CCN(C(C)=O)c1ccccc1Cl. The first-order valence-electron chi connectivity index (χ1n) is 8.36. The van der Waals surface area contributed by atoms with Gasteiger partial charge in [0, 0.05) is 32.5 Å². The van der Waals surface area contributed by atoms with Gasteiger partial charge in [0.05, 0.1) is 10.7 Å². The lowest BCUT2D eigenvalue weighted by molar-refractivity contribution is -0.134. The number of rotatable bonds is 5. The van der Waals surface area contributed by atoms with Gasteiger partial charge in [-0.1, -0.05) is 30.7 Å². The van der Waals surface area contributed by atoms with E-state index in [1.807, 2.05) is 23.1 Å². The van der Waals surface area contributed by atoms with Gasteiger partial charge in [-0.15, -0.1) is 0 Å². The standard InChI is InChI=1S/C18H25ClN2O2/c1-3-15-8-6-7-12-21(15)18(23)11-13-20(14(2)22)17-10-5-4-9-16(17)19/h4-5,9-10,15H,3,6-8,11-13H2,1-2H3. The number of piperidine rings is 1. The Kier molecular flexibility index (Phi) is 6.46. The van der Waals surface area contributed by atoms with Crippen LogP contribution in [0, 0.1) is 0 Å². The van der Waals surface area contributed by atoms with Crippen molar-refractivity contribution in [2.45, 2.75) is 52.0 Å². The average Bonchev–Trinajstić information content (AvgIpc) is 2.56. The number of para-hydroxylation sites is 1. The molecule has 0 bridgehead atoms. The second kappa shape index (κ2) is 8.34. The number of anilines is 1. The lowest BCUT2D eigenvalue weighted by Gasteiger charge is -2.36. The molecule has 1 unspecified atom stereocenters. The van der Waals surface area contributed by atoms with Crippen LogP contribution in [0.15, 0.2) is 24.3 Å². The predicted molar refractivity (Wildman–Crippen MR) is 93.7 cm³/mol. The van der Waals surface area contributed by atoms with E-state index >= 15 is 0 Å². The fourth-order valence-corrected chi connectivity index (χ4v) is 3.46. The molecule has 0 radical (unpaired) electrons. The second-order valence-electron chi connectivity index (χ2n) is 6.02. The molecule has 5 heteroatoms. The van der Waals surface area contributed by atoms with E-state index in [0.29, 0.717) is 29.7 Å². The Balaban J connectivity index is 2.03. The van der Waals surface area contributed by atoms with Crippen molar-refractivity contribution in [3.8, 4) is 0 Å². The molecule has 1 saturated heterocycles. The van der Waals surface area contributed by atoms with Gasteiger partial charge in [0.2, 0.25) is 11.8 Å². The zero-order chi connectivity index (χ0) is 16.8. The molecule has 0 spiro atoms. The van der Waals surface area contributed by atoms with Gasteiger partial charge >= 0.3 is 0 Å². The molecule has 0 aromatic heterocycles. The van der Waals surface area contributed by atoms with Gasteiger partial charge in [-0.05, 0) is 37.8 Å². The summed E-state index contributed by atoms with van der Waals surface area (Å²) in [6.07, 6.45) is 4.68. The molecule has 1 heterocycles. The molecule has 4 nitrogen and oxygen atoms in total. The van der Waals surface area contributed by atoms with Crippen molar-refractivity contribution in [2.24, 2.45) is 0 Å². The molecule has 1 atom stereocenters. The second-order valence-corrected chi connectivity index (χ2v) is 6.42. The summed E-state index contributed by atoms with van der Waals surface area (Å²) in [6, 6.07) is 7.59. The molecule has 126 valence electrons. The van der Waals surface area contributed by atoms with Crippen LogP contribution in [0.4, 0.5) is 5.69 Å². The summed E-state index contributed by atoms with van der Waals surface area (Å²) in [5.74, 6) is 0.0337. The Morgan fingerprint density at radius 1 is 1.30 bits per heavy atom. The minimum Gasteiger partial charge on any atom is -0.340 e. The zero-order valence-corrected chi connectivity index (χ0v) is 14.7. The van der Waals surface area contributed by atoms with Gasteiger partial charge < -0.3 is 9.80 Å². The first-order valence-corrected chi connectivity index (χ1v) is 8.74. The first-order chi connectivity index (χ1) is 11.0. The number of carbonyl (C=O) groups excluding carboxylic acids is 2. The number of likely N-dealkylation sites (tertiary alicyclic amines) is 1. The van der Waals surface area contributed by atoms with Gasteiger partial charge in [-0.3, -0.25) is 9.59 Å². The maximum Gasteiger partial charge on any atom is 0.224 e. The molecule has 1 aliphatic heterocycles. The van der Waals surface area contributed by atoms with Crippen LogP contribution in [0.3, 0.4) is 0 Å². The van der Waals surface area contributed by atoms with Crippen LogP contribution in [0.2, 0.25) is 5.02 Å². The fraction of sp³-hybridized carbons (Fsp3) is 0.556. The summed E-state index contributed by atoms with van der Waals surface area (Å²) in [6.45, 7) is 4.83. The van der Waals surface area contributed by atoms with Gasteiger partial charge in [-0.25, -0.2) is 0 Å². The number of nitrogens with zero attached hydrogens (tertiary/aromatic N) is 2. The number of hydrogen-bond donors (Lipinski definition) is 0. The summed E-state index contributed by atoms with van der Waals surface area (Å²) < 4.78 is 0. The Hall–Kier alpha value is -1.55. The van der Waals surface area contributed by atoms with Crippen molar-refractivity contribution >= 4 is 29.1 Å². The molecule has 0 N–H and O–H groups in total. The minimum atomic E-state index is -0.100. The van der Waals surface area contributed by atoms with Crippen molar-refractivity contribution in [3.63, 3.8) is 0 Å². The van der Waals surface area contributed by atoms with E-state index < -0.39 is 0 Å². The number of benzene rings is 1. The van der Waals surface area contributed by atoms with Gasteiger partial charge in [0.1, 0.15) is 0 Å². The Labute approximate surface area is 143 Å². The number of amides is 2. The van der Waals surface area contributed by atoms with E-state index in [2.05, 4.69) is 6.92 Å². The smallest absolute Gasteiger partial charge is 0.224 e.